The summed E-state index contributed by atoms with van der Waals surface area (Å²) in [6, 6.07) is 6.94. The lowest BCUT2D eigenvalue weighted by molar-refractivity contribution is 0.375. The predicted molar refractivity (Wildman–Crippen MR) is 83.1 cm³/mol. The summed E-state index contributed by atoms with van der Waals surface area (Å²) < 4.78 is 31.9. The van der Waals surface area contributed by atoms with Crippen LogP contribution in [0.4, 0.5) is 0 Å². The molecule has 0 fully saturated rings. The molecule has 2 aromatic rings. The smallest absolute Gasteiger partial charge is 0.240 e. The van der Waals surface area contributed by atoms with Crippen LogP contribution in [-0.4, -0.2) is 25.1 Å². The van der Waals surface area contributed by atoms with Gasteiger partial charge in [-0.15, -0.1) is 0 Å². The fraction of sp³-hybridized carbons (Fsp3) is 0.467. The molecule has 0 saturated heterocycles. The molecule has 0 atom stereocenters. The van der Waals surface area contributed by atoms with Gasteiger partial charge < -0.3 is 4.52 Å². The molecule has 1 heterocycles. The van der Waals surface area contributed by atoms with E-state index < -0.39 is 10.0 Å². The second-order valence-corrected chi connectivity index (χ2v) is 7.92. The summed E-state index contributed by atoms with van der Waals surface area (Å²) in [6.07, 6.45) is 0.361. The Bertz CT molecular complexity index is 728. The third-order valence-corrected chi connectivity index (χ3v) is 4.71. The summed E-state index contributed by atoms with van der Waals surface area (Å²) in [6.45, 7) is 8.18. The molecule has 0 saturated carbocycles. The maximum absolute atomic E-state index is 12.2. The van der Waals surface area contributed by atoms with Gasteiger partial charge in [-0.05, 0) is 30.0 Å². The average Bonchev–Trinajstić information content (AvgIpc) is 2.83. The van der Waals surface area contributed by atoms with E-state index in [9.17, 15) is 8.42 Å². The molecule has 1 aromatic heterocycles. The highest BCUT2D eigenvalue weighted by molar-refractivity contribution is 7.89. The van der Waals surface area contributed by atoms with Gasteiger partial charge in [0.2, 0.25) is 15.9 Å². The molecular weight excluding hydrogens is 302 g/mol. The lowest BCUT2D eigenvalue weighted by atomic mass is 9.87. The first-order valence-electron chi connectivity index (χ1n) is 7.08. The number of sulfonamides is 1. The highest BCUT2D eigenvalue weighted by atomic mass is 32.2. The Kier molecular flexibility index (Phi) is 4.67. The minimum atomic E-state index is -3.53. The zero-order chi connectivity index (χ0) is 16.4. The van der Waals surface area contributed by atoms with E-state index >= 15 is 0 Å². The van der Waals surface area contributed by atoms with Crippen molar-refractivity contribution in [2.75, 3.05) is 6.54 Å². The Labute approximate surface area is 131 Å². The van der Waals surface area contributed by atoms with Crippen LogP contribution in [0.25, 0.3) is 0 Å². The Morgan fingerprint density at radius 3 is 2.32 bits per heavy atom. The van der Waals surface area contributed by atoms with E-state index in [-0.39, 0.29) is 16.9 Å². The van der Waals surface area contributed by atoms with Crippen molar-refractivity contribution >= 4 is 10.0 Å². The van der Waals surface area contributed by atoms with Crippen molar-refractivity contribution in [3.63, 3.8) is 0 Å². The second kappa shape index (κ2) is 6.18. The highest BCUT2D eigenvalue weighted by Crippen LogP contribution is 2.23. The van der Waals surface area contributed by atoms with Crippen molar-refractivity contribution in [2.45, 2.75) is 44.4 Å². The number of aromatic nitrogens is 2. The maximum atomic E-state index is 12.2. The van der Waals surface area contributed by atoms with Crippen molar-refractivity contribution in [1.82, 2.24) is 14.9 Å². The fourth-order valence-corrected chi connectivity index (χ4v) is 2.98. The van der Waals surface area contributed by atoms with Gasteiger partial charge in [-0.25, -0.2) is 13.1 Å². The number of nitrogens with zero attached hydrogens (tertiary/aromatic N) is 2. The summed E-state index contributed by atoms with van der Waals surface area (Å²) in [5.41, 5.74) is 1.08. The zero-order valence-electron chi connectivity index (χ0n) is 13.3. The monoisotopic (exact) mass is 323 g/mol. The van der Waals surface area contributed by atoms with Crippen LogP contribution in [0.15, 0.2) is 33.7 Å². The Hall–Kier alpha value is -1.73. The molecule has 0 aliphatic carbocycles. The largest absolute Gasteiger partial charge is 0.339 e. The summed E-state index contributed by atoms with van der Waals surface area (Å²) in [4.78, 5) is 4.28. The molecule has 1 N–H and O–H groups in total. The number of benzene rings is 1. The number of rotatable bonds is 5. The molecular formula is C15H21N3O3S. The Morgan fingerprint density at radius 1 is 1.18 bits per heavy atom. The lowest BCUT2D eigenvalue weighted by Gasteiger charge is -2.19. The van der Waals surface area contributed by atoms with E-state index in [2.05, 4.69) is 35.6 Å². The molecule has 22 heavy (non-hydrogen) atoms. The molecule has 0 aliphatic rings. The molecule has 0 spiro atoms. The number of nitrogens with one attached hydrogen (secondary N) is 1. The first-order chi connectivity index (χ1) is 10.2. The minimum Gasteiger partial charge on any atom is -0.339 e. The van der Waals surface area contributed by atoms with Gasteiger partial charge in [-0.3, -0.25) is 0 Å². The van der Waals surface area contributed by atoms with Crippen molar-refractivity contribution in [3.05, 3.63) is 41.5 Å². The predicted octanol–water partition coefficient (Wildman–Crippen LogP) is 2.20. The normalized spacial score (nSPS) is 12.5. The van der Waals surface area contributed by atoms with Gasteiger partial charge in [0.05, 0.1) is 4.90 Å². The molecule has 0 bridgehead atoms. The van der Waals surface area contributed by atoms with Crippen LogP contribution in [0.2, 0.25) is 0 Å². The van der Waals surface area contributed by atoms with Crippen molar-refractivity contribution in [3.8, 4) is 0 Å². The van der Waals surface area contributed by atoms with Crippen LogP contribution in [0.3, 0.4) is 0 Å². The third-order valence-electron chi connectivity index (χ3n) is 3.23. The molecule has 0 amide bonds. The van der Waals surface area contributed by atoms with Gasteiger partial charge in [0, 0.05) is 13.0 Å². The van der Waals surface area contributed by atoms with Crippen LogP contribution in [0.5, 0.6) is 0 Å². The van der Waals surface area contributed by atoms with Crippen LogP contribution < -0.4 is 4.72 Å². The van der Waals surface area contributed by atoms with Crippen LogP contribution in [0.1, 0.15) is 38.0 Å². The van der Waals surface area contributed by atoms with Crippen LogP contribution in [0, 0.1) is 6.92 Å². The summed E-state index contributed by atoms with van der Waals surface area (Å²) >= 11 is 0. The number of hydrogen-bond acceptors (Lipinski definition) is 5. The standard InChI is InChI=1S/C15H21N3O3S/c1-11-17-14(21-18-11)9-10-16-22(19,20)13-7-5-12(6-8-13)15(2,3)4/h5-8,16H,9-10H2,1-4H3. The van der Waals surface area contributed by atoms with Crippen molar-refractivity contribution in [1.29, 1.82) is 0 Å². The molecule has 2 rings (SSSR count). The van der Waals surface area contributed by atoms with Gasteiger partial charge in [-0.1, -0.05) is 38.1 Å². The molecule has 7 heteroatoms. The van der Waals surface area contributed by atoms with E-state index in [0.717, 1.165) is 5.56 Å². The van der Waals surface area contributed by atoms with E-state index in [1.165, 1.54) is 0 Å². The first kappa shape index (κ1) is 16.6. The topological polar surface area (TPSA) is 85.1 Å². The maximum Gasteiger partial charge on any atom is 0.240 e. The first-order valence-corrected chi connectivity index (χ1v) is 8.56. The molecule has 1 aromatic carbocycles. The summed E-state index contributed by atoms with van der Waals surface area (Å²) in [5.74, 6) is 0.957. The molecule has 0 aliphatic heterocycles. The molecule has 0 radical (unpaired) electrons. The van der Waals surface area contributed by atoms with E-state index in [1.807, 2.05) is 12.1 Å². The number of hydrogen-bond donors (Lipinski definition) is 1. The zero-order valence-corrected chi connectivity index (χ0v) is 14.1. The van der Waals surface area contributed by atoms with E-state index in [1.54, 1.807) is 19.1 Å². The van der Waals surface area contributed by atoms with Crippen LogP contribution in [-0.2, 0) is 21.9 Å². The van der Waals surface area contributed by atoms with Gasteiger partial charge in [0.25, 0.3) is 0 Å². The van der Waals surface area contributed by atoms with Gasteiger partial charge in [0.1, 0.15) is 0 Å². The van der Waals surface area contributed by atoms with Gasteiger partial charge >= 0.3 is 0 Å². The van der Waals surface area contributed by atoms with E-state index in [4.69, 9.17) is 4.52 Å². The third kappa shape index (κ3) is 4.14. The quantitative estimate of drug-likeness (QED) is 0.911. The second-order valence-electron chi connectivity index (χ2n) is 6.16. The highest BCUT2D eigenvalue weighted by Gasteiger charge is 2.17. The average molecular weight is 323 g/mol. The Morgan fingerprint density at radius 2 is 1.82 bits per heavy atom. The van der Waals surface area contributed by atoms with Gasteiger partial charge in [0.15, 0.2) is 5.82 Å². The molecule has 0 unspecified atom stereocenters. The lowest BCUT2D eigenvalue weighted by Crippen LogP contribution is -2.26. The molecule has 120 valence electrons. The minimum absolute atomic E-state index is 0.00840. The van der Waals surface area contributed by atoms with E-state index in [0.29, 0.717) is 18.1 Å². The summed E-state index contributed by atoms with van der Waals surface area (Å²) in [5, 5.41) is 3.66. The summed E-state index contributed by atoms with van der Waals surface area (Å²) in [7, 11) is -3.53. The molecule has 6 nitrogen and oxygen atoms in total. The Balaban J connectivity index is 2.00. The van der Waals surface area contributed by atoms with Gasteiger partial charge in [-0.2, -0.15) is 4.98 Å². The van der Waals surface area contributed by atoms with Crippen molar-refractivity contribution in [2.24, 2.45) is 0 Å². The SMILES string of the molecule is Cc1noc(CCNS(=O)(=O)c2ccc(C(C)(C)C)cc2)n1. The van der Waals surface area contributed by atoms with Crippen LogP contribution >= 0.6 is 0 Å². The number of aryl methyl sites for hydroxylation is 1. The fourth-order valence-electron chi connectivity index (χ4n) is 1.95. The van der Waals surface area contributed by atoms with Crippen molar-refractivity contribution < 1.29 is 12.9 Å².